The fraction of sp³-hybridized carbons (Fsp3) is 0.571. The lowest BCUT2D eigenvalue weighted by atomic mass is 10.3. The molecule has 110 valence electrons. The molecule has 0 bridgehead atoms. The summed E-state index contributed by atoms with van der Waals surface area (Å²) in [5, 5.41) is 5.63. The van der Waals surface area contributed by atoms with Gasteiger partial charge in [-0.1, -0.05) is 6.92 Å². The molecule has 1 aromatic heterocycles. The Labute approximate surface area is 119 Å². The summed E-state index contributed by atoms with van der Waals surface area (Å²) in [5.41, 5.74) is 0.697. The Balaban J connectivity index is 1.89. The molecular weight excluding hydrogens is 256 g/mol. The van der Waals surface area contributed by atoms with Gasteiger partial charge in [-0.3, -0.25) is 0 Å². The first-order valence-corrected chi connectivity index (χ1v) is 7.05. The number of carbonyl (C=O) groups excluding carboxylic acids is 1. The van der Waals surface area contributed by atoms with E-state index in [1.165, 1.54) is 0 Å². The highest BCUT2D eigenvalue weighted by Gasteiger charge is 2.12. The van der Waals surface area contributed by atoms with Gasteiger partial charge in [0.2, 0.25) is 0 Å². The van der Waals surface area contributed by atoms with Crippen LogP contribution in [0.25, 0.3) is 0 Å². The second-order valence-electron chi connectivity index (χ2n) is 4.91. The maximum Gasteiger partial charge on any atom is 0.319 e. The number of pyridine rings is 1. The van der Waals surface area contributed by atoms with Gasteiger partial charge in [0, 0.05) is 19.1 Å². The van der Waals surface area contributed by atoms with Crippen molar-refractivity contribution in [2.45, 2.75) is 26.3 Å². The molecule has 0 aromatic carbocycles. The molecule has 1 aliphatic rings. The molecule has 0 aliphatic carbocycles. The Bertz CT molecular complexity index is 429. The van der Waals surface area contributed by atoms with Crippen molar-refractivity contribution >= 4 is 17.5 Å². The Morgan fingerprint density at radius 2 is 2.20 bits per heavy atom. The highest BCUT2D eigenvalue weighted by Crippen LogP contribution is 2.15. The monoisotopic (exact) mass is 278 g/mol. The van der Waals surface area contributed by atoms with Crippen LogP contribution in [0.5, 0.6) is 0 Å². The molecule has 2 N–H and O–H groups in total. The Morgan fingerprint density at radius 1 is 1.45 bits per heavy atom. The zero-order chi connectivity index (χ0) is 14.4. The van der Waals surface area contributed by atoms with E-state index < -0.39 is 0 Å². The van der Waals surface area contributed by atoms with E-state index in [9.17, 15) is 4.79 Å². The third-order valence-electron chi connectivity index (χ3n) is 3.33. The Kier molecular flexibility index (Phi) is 5.17. The van der Waals surface area contributed by atoms with Gasteiger partial charge in [-0.2, -0.15) is 0 Å². The van der Waals surface area contributed by atoms with Crippen molar-refractivity contribution in [2.75, 3.05) is 36.5 Å². The number of amides is 2. The van der Waals surface area contributed by atoms with E-state index in [1.807, 2.05) is 26.0 Å². The van der Waals surface area contributed by atoms with Crippen molar-refractivity contribution < 1.29 is 9.53 Å². The summed E-state index contributed by atoms with van der Waals surface area (Å²) in [7, 11) is 0. The van der Waals surface area contributed by atoms with Gasteiger partial charge < -0.3 is 20.3 Å². The van der Waals surface area contributed by atoms with Crippen molar-refractivity contribution in [3.05, 3.63) is 18.3 Å². The number of anilines is 2. The van der Waals surface area contributed by atoms with Crippen LogP contribution in [0.15, 0.2) is 18.3 Å². The number of rotatable bonds is 4. The summed E-state index contributed by atoms with van der Waals surface area (Å²) < 4.78 is 5.31. The zero-order valence-electron chi connectivity index (χ0n) is 12.1. The summed E-state index contributed by atoms with van der Waals surface area (Å²) in [4.78, 5) is 18.2. The molecule has 2 heterocycles. The zero-order valence-corrected chi connectivity index (χ0v) is 12.1. The Hall–Kier alpha value is -1.82. The van der Waals surface area contributed by atoms with Gasteiger partial charge in [0.15, 0.2) is 0 Å². The van der Waals surface area contributed by atoms with E-state index in [4.69, 9.17) is 4.74 Å². The lowest BCUT2D eigenvalue weighted by Crippen LogP contribution is -2.37. The first-order chi connectivity index (χ1) is 9.69. The van der Waals surface area contributed by atoms with Crippen molar-refractivity contribution in [1.29, 1.82) is 0 Å². The minimum atomic E-state index is -0.194. The van der Waals surface area contributed by atoms with Crippen LogP contribution in [0.1, 0.15) is 20.3 Å². The molecule has 1 fully saturated rings. The number of hydrogen-bond donors (Lipinski definition) is 2. The molecule has 0 radical (unpaired) electrons. The molecule has 20 heavy (non-hydrogen) atoms. The lowest BCUT2D eigenvalue weighted by molar-refractivity contribution is 0.122. The van der Waals surface area contributed by atoms with Crippen LogP contribution in [0.2, 0.25) is 0 Å². The molecule has 1 saturated heterocycles. The first-order valence-electron chi connectivity index (χ1n) is 7.05. The summed E-state index contributed by atoms with van der Waals surface area (Å²) in [6, 6.07) is 3.76. The average molecular weight is 278 g/mol. The largest absolute Gasteiger partial charge is 0.378 e. The summed E-state index contributed by atoms with van der Waals surface area (Å²) >= 11 is 0. The highest BCUT2D eigenvalue weighted by atomic mass is 16.5. The number of nitrogens with one attached hydrogen (secondary N) is 2. The molecule has 1 atom stereocenters. The van der Waals surface area contributed by atoms with Gasteiger partial charge in [0.05, 0.1) is 25.1 Å². The van der Waals surface area contributed by atoms with E-state index >= 15 is 0 Å². The van der Waals surface area contributed by atoms with E-state index in [0.29, 0.717) is 5.69 Å². The van der Waals surface area contributed by atoms with E-state index in [0.717, 1.165) is 38.5 Å². The smallest absolute Gasteiger partial charge is 0.319 e. The molecule has 2 rings (SSSR count). The number of morpholine rings is 1. The summed E-state index contributed by atoms with van der Waals surface area (Å²) in [5.74, 6) is 0.918. The van der Waals surface area contributed by atoms with Crippen LogP contribution in [0.3, 0.4) is 0 Å². The average Bonchev–Trinajstić information content (AvgIpc) is 2.48. The molecule has 6 heteroatoms. The normalized spacial score (nSPS) is 16.6. The summed E-state index contributed by atoms with van der Waals surface area (Å²) in [6.45, 7) is 7.18. The van der Waals surface area contributed by atoms with Crippen LogP contribution in [0, 0.1) is 0 Å². The maximum atomic E-state index is 11.7. The quantitative estimate of drug-likeness (QED) is 0.882. The first kappa shape index (κ1) is 14.6. The molecule has 1 aliphatic heterocycles. The highest BCUT2D eigenvalue weighted by molar-refractivity contribution is 5.89. The van der Waals surface area contributed by atoms with E-state index in [2.05, 4.69) is 20.5 Å². The fourth-order valence-corrected chi connectivity index (χ4v) is 1.93. The number of ether oxygens (including phenoxy) is 1. The number of hydrogen-bond acceptors (Lipinski definition) is 4. The Morgan fingerprint density at radius 3 is 2.80 bits per heavy atom. The van der Waals surface area contributed by atoms with Crippen LogP contribution < -0.4 is 15.5 Å². The fourth-order valence-electron chi connectivity index (χ4n) is 1.93. The number of urea groups is 1. The van der Waals surface area contributed by atoms with Crippen LogP contribution in [-0.4, -0.2) is 43.4 Å². The van der Waals surface area contributed by atoms with Gasteiger partial charge in [0.25, 0.3) is 0 Å². The molecule has 6 nitrogen and oxygen atoms in total. The maximum absolute atomic E-state index is 11.7. The predicted octanol–water partition coefficient (Wildman–Crippen LogP) is 1.84. The van der Waals surface area contributed by atoms with Crippen molar-refractivity contribution in [3.8, 4) is 0 Å². The minimum absolute atomic E-state index is 0.163. The van der Waals surface area contributed by atoms with E-state index in [1.54, 1.807) is 6.20 Å². The number of nitrogens with zero attached hydrogens (tertiary/aromatic N) is 2. The molecule has 0 unspecified atom stereocenters. The third-order valence-corrected chi connectivity index (χ3v) is 3.33. The summed E-state index contributed by atoms with van der Waals surface area (Å²) in [6.07, 6.45) is 2.59. The van der Waals surface area contributed by atoms with Crippen molar-refractivity contribution in [1.82, 2.24) is 10.3 Å². The molecule has 0 saturated carbocycles. The topological polar surface area (TPSA) is 66.5 Å². The SMILES string of the molecule is CC[C@@H](C)NC(=O)Nc1ccc(N2CCOCC2)nc1. The van der Waals surface area contributed by atoms with Crippen molar-refractivity contribution in [3.63, 3.8) is 0 Å². The number of carbonyl (C=O) groups is 1. The minimum Gasteiger partial charge on any atom is -0.378 e. The van der Waals surface area contributed by atoms with Crippen LogP contribution in [-0.2, 0) is 4.74 Å². The van der Waals surface area contributed by atoms with Crippen molar-refractivity contribution in [2.24, 2.45) is 0 Å². The number of aromatic nitrogens is 1. The van der Waals surface area contributed by atoms with Gasteiger partial charge in [0.1, 0.15) is 5.82 Å². The van der Waals surface area contributed by atoms with Gasteiger partial charge >= 0.3 is 6.03 Å². The second-order valence-corrected chi connectivity index (χ2v) is 4.91. The molecule has 1 aromatic rings. The van der Waals surface area contributed by atoms with E-state index in [-0.39, 0.29) is 12.1 Å². The van der Waals surface area contributed by atoms with Gasteiger partial charge in [-0.25, -0.2) is 9.78 Å². The molecule has 2 amide bonds. The van der Waals surface area contributed by atoms with Crippen LogP contribution >= 0.6 is 0 Å². The standard InChI is InChI=1S/C14H22N4O2/c1-3-11(2)16-14(19)17-12-4-5-13(15-10-12)18-6-8-20-9-7-18/h4-5,10-11H,3,6-9H2,1-2H3,(H2,16,17,19)/t11-/m1/s1. The van der Waals surface area contributed by atoms with Gasteiger partial charge in [-0.05, 0) is 25.5 Å². The third kappa shape index (κ3) is 4.09. The predicted molar refractivity (Wildman–Crippen MR) is 79.2 cm³/mol. The second kappa shape index (κ2) is 7.09. The molecular formula is C14H22N4O2. The molecule has 0 spiro atoms. The van der Waals surface area contributed by atoms with Crippen LogP contribution in [0.4, 0.5) is 16.3 Å². The lowest BCUT2D eigenvalue weighted by Gasteiger charge is -2.27. The van der Waals surface area contributed by atoms with Gasteiger partial charge in [-0.15, -0.1) is 0 Å².